The molecule has 9 heteroatoms. The number of benzene rings is 3. The summed E-state index contributed by atoms with van der Waals surface area (Å²) < 4.78 is 40.1. The molecule has 0 spiro atoms. The van der Waals surface area contributed by atoms with E-state index in [1.165, 1.54) is 17.7 Å². The number of aromatic nitrogens is 1. The fourth-order valence-electron chi connectivity index (χ4n) is 7.83. The Labute approximate surface area is 274 Å². The minimum absolute atomic E-state index is 0.0445. The van der Waals surface area contributed by atoms with Crippen molar-refractivity contribution in [2.75, 3.05) is 24.3 Å². The van der Waals surface area contributed by atoms with Crippen molar-refractivity contribution < 1.29 is 22.8 Å². The maximum atomic E-state index is 14.6. The number of H-pyrrole nitrogens is 1. The van der Waals surface area contributed by atoms with E-state index in [4.69, 9.17) is 0 Å². The van der Waals surface area contributed by atoms with Crippen molar-refractivity contribution >= 4 is 34.1 Å². The van der Waals surface area contributed by atoms with Crippen molar-refractivity contribution in [3.8, 4) is 0 Å². The van der Waals surface area contributed by atoms with Crippen LogP contribution in [0, 0.1) is 18.3 Å². The highest BCUT2D eigenvalue weighted by Gasteiger charge is 2.60. The van der Waals surface area contributed by atoms with Crippen LogP contribution in [0.5, 0.6) is 0 Å². The minimum Gasteiger partial charge on any atom is -0.378 e. The third-order valence-corrected chi connectivity index (χ3v) is 10.6. The summed E-state index contributed by atoms with van der Waals surface area (Å²) in [5.41, 5.74) is 3.55. The molecule has 4 aromatic rings. The van der Waals surface area contributed by atoms with E-state index in [-0.39, 0.29) is 42.0 Å². The molecule has 0 bridgehead atoms. The van der Waals surface area contributed by atoms with E-state index in [9.17, 15) is 22.8 Å². The van der Waals surface area contributed by atoms with Gasteiger partial charge < -0.3 is 20.1 Å². The normalized spacial score (nSPS) is 19.8. The summed E-state index contributed by atoms with van der Waals surface area (Å²) >= 11 is 0. The van der Waals surface area contributed by atoms with Crippen LogP contribution in [0.15, 0.2) is 72.8 Å². The number of nitrogens with one attached hydrogen (secondary N) is 2. The summed E-state index contributed by atoms with van der Waals surface area (Å²) in [6, 6.07) is 20.7. The number of hydrogen-bond acceptors (Lipinski definition) is 3. The van der Waals surface area contributed by atoms with Crippen LogP contribution in [-0.2, 0) is 22.3 Å². The van der Waals surface area contributed by atoms with Gasteiger partial charge in [-0.05, 0) is 90.6 Å². The summed E-state index contributed by atoms with van der Waals surface area (Å²) in [6.45, 7) is 6.50. The van der Waals surface area contributed by atoms with Crippen LogP contribution in [0.1, 0.15) is 74.3 Å². The number of aromatic amines is 1. The van der Waals surface area contributed by atoms with Gasteiger partial charge in [-0.1, -0.05) is 57.0 Å². The second-order valence-corrected chi connectivity index (χ2v) is 14.1. The minimum atomic E-state index is -4.46. The molecule has 2 N–H and O–H groups in total. The number of amides is 2. The molecule has 0 saturated heterocycles. The van der Waals surface area contributed by atoms with Gasteiger partial charge in [0.1, 0.15) is 5.54 Å². The zero-order valence-electron chi connectivity index (χ0n) is 27.7. The Bertz CT molecular complexity index is 1770. The van der Waals surface area contributed by atoms with E-state index in [1.807, 2.05) is 55.4 Å². The van der Waals surface area contributed by atoms with Gasteiger partial charge in [0.15, 0.2) is 0 Å². The number of nitrogens with zero attached hydrogens (tertiary/aromatic N) is 2. The van der Waals surface area contributed by atoms with Gasteiger partial charge in [0, 0.05) is 55.0 Å². The number of carbonyl (C=O) groups excluding carboxylic acids is 2. The smallest absolute Gasteiger partial charge is 0.378 e. The number of para-hydroxylation sites is 1. The molecule has 2 aliphatic rings. The molecule has 2 fully saturated rings. The van der Waals surface area contributed by atoms with E-state index in [1.54, 1.807) is 4.90 Å². The molecule has 0 unspecified atom stereocenters. The molecule has 2 amide bonds. The van der Waals surface area contributed by atoms with Crippen molar-refractivity contribution in [2.24, 2.45) is 11.3 Å². The Morgan fingerprint density at radius 3 is 2.19 bits per heavy atom. The highest BCUT2D eigenvalue weighted by molar-refractivity contribution is 6.01. The molecule has 6 rings (SSSR count). The van der Waals surface area contributed by atoms with Crippen molar-refractivity contribution in [3.63, 3.8) is 0 Å². The van der Waals surface area contributed by atoms with Gasteiger partial charge in [0.2, 0.25) is 11.8 Å². The van der Waals surface area contributed by atoms with Gasteiger partial charge in [-0.25, -0.2) is 0 Å². The molecule has 1 aromatic heterocycles. The average molecular weight is 645 g/mol. The quantitative estimate of drug-likeness (QED) is 0.192. The maximum absolute atomic E-state index is 14.6. The van der Waals surface area contributed by atoms with Gasteiger partial charge in [-0.2, -0.15) is 13.2 Å². The lowest BCUT2D eigenvalue weighted by molar-refractivity contribution is -0.146. The predicted molar refractivity (Wildman–Crippen MR) is 180 cm³/mol. The van der Waals surface area contributed by atoms with Crippen molar-refractivity contribution in [1.29, 1.82) is 0 Å². The molecule has 248 valence electrons. The van der Waals surface area contributed by atoms with Crippen LogP contribution >= 0.6 is 0 Å². The lowest BCUT2D eigenvalue weighted by Crippen LogP contribution is -2.57. The Morgan fingerprint density at radius 2 is 1.57 bits per heavy atom. The molecule has 0 aliphatic heterocycles. The van der Waals surface area contributed by atoms with Gasteiger partial charge in [0.25, 0.3) is 0 Å². The molecular formula is C38H43F3N4O2. The van der Waals surface area contributed by atoms with E-state index in [0.29, 0.717) is 24.1 Å². The fraction of sp³-hybridized carbons (Fsp3) is 0.421. The second kappa shape index (κ2) is 12.1. The summed E-state index contributed by atoms with van der Waals surface area (Å²) in [7, 11) is 3.88. The number of anilines is 2. The van der Waals surface area contributed by atoms with Gasteiger partial charge in [-0.15, -0.1) is 0 Å². The van der Waals surface area contributed by atoms with E-state index in [2.05, 4.69) is 43.2 Å². The highest BCUT2D eigenvalue weighted by Crippen LogP contribution is 2.67. The van der Waals surface area contributed by atoms with E-state index in [0.717, 1.165) is 47.3 Å². The van der Waals surface area contributed by atoms with Gasteiger partial charge in [0.05, 0.1) is 5.56 Å². The number of aryl methyl sites for hydroxylation is 1. The summed E-state index contributed by atoms with van der Waals surface area (Å²) in [4.78, 5) is 36.0. The molecule has 1 heterocycles. The highest BCUT2D eigenvalue weighted by atomic mass is 19.4. The lowest BCUT2D eigenvalue weighted by atomic mass is 9.91. The van der Waals surface area contributed by atoms with Crippen LogP contribution in [0.25, 0.3) is 10.9 Å². The zero-order chi connectivity index (χ0) is 33.7. The van der Waals surface area contributed by atoms with Crippen LogP contribution in [0.3, 0.4) is 0 Å². The first kappa shape index (κ1) is 32.7. The van der Waals surface area contributed by atoms with Crippen LogP contribution in [0.2, 0.25) is 0 Å². The second-order valence-electron chi connectivity index (χ2n) is 14.1. The van der Waals surface area contributed by atoms with Crippen LogP contribution in [-0.4, -0.2) is 41.3 Å². The molecular weight excluding hydrogens is 601 g/mol. The monoisotopic (exact) mass is 644 g/mol. The Kier molecular flexibility index (Phi) is 8.39. The summed E-state index contributed by atoms with van der Waals surface area (Å²) in [5.74, 6) is -0.211. The Balaban J connectivity index is 1.32. The van der Waals surface area contributed by atoms with Gasteiger partial charge in [-0.3, -0.25) is 9.59 Å². The average Bonchev–Trinajstić information content (AvgIpc) is 3.37. The van der Waals surface area contributed by atoms with Crippen LogP contribution < -0.4 is 10.2 Å². The Hall–Kier alpha value is -4.27. The molecule has 2 atom stereocenters. The first-order valence-corrected chi connectivity index (χ1v) is 16.3. The van der Waals surface area contributed by atoms with Crippen LogP contribution in [0.4, 0.5) is 24.5 Å². The zero-order valence-corrected chi connectivity index (χ0v) is 27.7. The molecule has 0 radical (unpaired) electrons. The molecule has 47 heavy (non-hydrogen) atoms. The SMILES string of the molecule is Cc1[nH]c2ccccc2c1[C@@H]1[C@H](CC(=O)N(Cc2ccc(C(F)(F)F)cc2)C2(C(=O)Nc3ccc(N(C)C)cc3)CCCC2)C1(C)C. The standard InChI is InChI=1S/C38H43F3N4O2/c1-24-33(29-10-6-7-11-31(29)42-24)34-30(36(34,2)3)22-32(46)45(23-25-12-14-26(15-13-25)38(39,40)41)37(20-8-9-21-37)35(47)43-27-16-18-28(19-17-27)44(4)5/h6-7,10-19,30,34,42H,8-9,20-23H2,1-5H3,(H,43,47)/t30-,34-/m0/s1. The third kappa shape index (κ3) is 6.12. The van der Waals surface area contributed by atoms with Gasteiger partial charge >= 0.3 is 6.18 Å². The molecule has 6 nitrogen and oxygen atoms in total. The number of halogens is 3. The van der Waals surface area contributed by atoms with Crippen molar-refractivity contribution in [2.45, 2.75) is 77.1 Å². The number of hydrogen-bond donors (Lipinski definition) is 2. The number of fused-ring (bicyclic) bond motifs is 1. The predicted octanol–water partition coefficient (Wildman–Crippen LogP) is 8.67. The lowest BCUT2D eigenvalue weighted by Gasteiger charge is -2.40. The number of carbonyl (C=O) groups is 2. The molecule has 2 aliphatic carbocycles. The number of alkyl halides is 3. The number of rotatable bonds is 9. The molecule has 3 aromatic carbocycles. The van der Waals surface area contributed by atoms with Crippen molar-refractivity contribution in [3.05, 3.63) is 95.2 Å². The fourth-order valence-corrected chi connectivity index (χ4v) is 7.83. The summed E-state index contributed by atoms with van der Waals surface area (Å²) in [5, 5.41) is 4.24. The van der Waals surface area contributed by atoms with E-state index < -0.39 is 17.3 Å². The summed E-state index contributed by atoms with van der Waals surface area (Å²) in [6.07, 6.45) is -1.70. The molecule has 2 saturated carbocycles. The maximum Gasteiger partial charge on any atom is 0.416 e. The van der Waals surface area contributed by atoms with E-state index >= 15 is 0 Å². The Morgan fingerprint density at radius 1 is 0.936 bits per heavy atom. The topological polar surface area (TPSA) is 68.4 Å². The largest absolute Gasteiger partial charge is 0.416 e. The first-order chi connectivity index (χ1) is 22.2. The first-order valence-electron chi connectivity index (χ1n) is 16.3. The third-order valence-electron chi connectivity index (χ3n) is 10.6. The van der Waals surface area contributed by atoms with Crippen molar-refractivity contribution in [1.82, 2.24) is 9.88 Å².